The Morgan fingerprint density at radius 2 is 1.77 bits per heavy atom. The number of benzene rings is 3. The minimum absolute atomic E-state index is 0.104. The van der Waals surface area contributed by atoms with Crippen LogP contribution in [0.2, 0.25) is 0 Å². The summed E-state index contributed by atoms with van der Waals surface area (Å²) in [7, 11) is 1.27. The van der Waals surface area contributed by atoms with Gasteiger partial charge in [0.15, 0.2) is 0 Å². The molecule has 1 aromatic heterocycles. The van der Waals surface area contributed by atoms with E-state index in [9.17, 15) is 19.8 Å². The average Bonchev–Trinajstić information content (AvgIpc) is 3.24. The molecule has 0 aliphatic rings. The number of nitrogen functional groups attached to an aromatic ring is 1. The van der Waals surface area contributed by atoms with Crippen LogP contribution in [0.5, 0.6) is 11.5 Å². The van der Waals surface area contributed by atoms with Crippen molar-refractivity contribution < 1.29 is 24.5 Å². The summed E-state index contributed by atoms with van der Waals surface area (Å²) in [5.41, 5.74) is 14.4. The summed E-state index contributed by atoms with van der Waals surface area (Å²) in [5, 5.41) is 29.6. The minimum atomic E-state index is -0.701. The van der Waals surface area contributed by atoms with E-state index in [4.69, 9.17) is 21.6 Å². The minimum Gasteiger partial charge on any atom is -0.507 e. The molecule has 4 rings (SSSR count). The van der Waals surface area contributed by atoms with Crippen LogP contribution in [0.25, 0.3) is 33.5 Å². The number of ether oxygens (including phenoxy) is 1. The largest absolute Gasteiger partial charge is 0.507 e. The molecule has 35 heavy (non-hydrogen) atoms. The third-order valence-corrected chi connectivity index (χ3v) is 5.83. The number of carbonyl (C=O) groups excluding carboxylic acids is 2. The van der Waals surface area contributed by atoms with E-state index in [2.05, 4.69) is 9.97 Å². The Hall–Kier alpha value is -4.86. The molecular weight excluding hydrogens is 450 g/mol. The Morgan fingerprint density at radius 3 is 2.43 bits per heavy atom. The van der Waals surface area contributed by atoms with Gasteiger partial charge in [-0.25, -0.2) is 4.98 Å². The molecule has 0 aliphatic heterocycles. The summed E-state index contributed by atoms with van der Waals surface area (Å²) >= 11 is 0. The molecule has 1 amide bonds. The summed E-state index contributed by atoms with van der Waals surface area (Å²) in [6.07, 6.45) is -0.104. The number of hydrogen-bond donors (Lipinski definition) is 6. The molecule has 0 aliphatic carbocycles. The number of nitrogens with zero attached hydrogens (tertiary/aromatic N) is 1. The number of phenols is 2. The molecule has 10 nitrogen and oxygen atoms in total. The number of rotatable bonds is 6. The van der Waals surface area contributed by atoms with E-state index in [1.165, 1.54) is 25.3 Å². The van der Waals surface area contributed by atoms with Gasteiger partial charge in [0.25, 0.3) is 0 Å². The predicted molar refractivity (Wildman–Crippen MR) is 130 cm³/mol. The number of fused-ring (bicyclic) bond motifs is 1. The molecule has 0 saturated carbocycles. The fourth-order valence-electron chi connectivity index (χ4n) is 3.94. The van der Waals surface area contributed by atoms with E-state index in [1.54, 1.807) is 31.2 Å². The standard InChI is InChI=1S/C25H23N5O5/c1-11-14(10-20(32)35-2)8-16(25-29-17-5-3-12(23(26)27)9-18(17)30-25)22(33)21(11)15-7-13(24(28)34)4-6-19(15)31/h3-9,31,33H,10H2,1-2H3,(H3,26,27)(H2,28,34)(H,29,30). The lowest BCUT2D eigenvalue weighted by molar-refractivity contribution is -0.139. The topological polar surface area (TPSA) is 188 Å². The van der Waals surface area contributed by atoms with E-state index in [1.807, 2.05) is 0 Å². The van der Waals surface area contributed by atoms with Gasteiger partial charge in [0, 0.05) is 22.3 Å². The smallest absolute Gasteiger partial charge is 0.309 e. The van der Waals surface area contributed by atoms with Gasteiger partial charge in [0.05, 0.1) is 30.1 Å². The summed E-state index contributed by atoms with van der Waals surface area (Å²) in [5.74, 6) is -1.43. The maximum atomic E-state index is 12.1. The summed E-state index contributed by atoms with van der Waals surface area (Å²) in [6.45, 7) is 1.69. The van der Waals surface area contributed by atoms with Crippen LogP contribution in [-0.2, 0) is 16.0 Å². The molecule has 0 fully saturated rings. The monoisotopic (exact) mass is 473 g/mol. The van der Waals surface area contributed by atoms with Gasteiger partial charge < -0.3 is 31.4 Å². The zero-order valence-electron chi connectivity index (χ0n) is 19.0. The van der Waals surface area contributed by atoms with Crippen LogP contribution in [0.4, 0.5) is 0 Å². The summed E-state index contributed by atoms with van der Waals surface area (Å²) in [4.78, 5) is 31.5. The number of amides is 1. The molecule has 10 heteroatoms. The molecule has 0 unspecified atom stereocenters. The summed E-state index contributed by atoms with van der Waals surface area (Å²) < 4.78 is 4.82. The van der Waals surface area contributed by atoms with Crippen LogP contribution >= 0.6 is 0 Å². The first kappa shape index (κ1) is 23.3. The Bertz CT molecular complexity index is 1520. The number of nitrogens with two attached hydrogens (primary N) is 2. The summed E-state index contributed by atoms with van der Waals surface area (Å²) in [6, 6.07) is 10.7. The van der Waals surface area contributed by atoms with E-state index in [0.29, 0.717) is 27.7 Å². The van der Waals surface area contributed by atoms with Crippen LogP contribution in [0.1, 0.15) is 27.0 Å². The lowest BCUT2D eigenvalue weighted by Gasteiger charge is -2.18. The molecule has 0 atom stereocenters. The molecule has 0 saturated heterocycles. The first-order valence-electron chi connectivity index (χ1n) is 10.5. The van der Waals surface area contributed by atoms with Crippen LogP contribution in [0.15, 0.2) is 42.5 Å². The van der Waals surface area contributed by atoms with Gasteiger partial charge in [-0.1, -0.05) is 0 Å². The van der Waals surface area contributed by atoms with Gasteiger partial charge in [-0.3, -0.25) is 15.0 Å². The molecule has 0 bridgehead atoms. The maximum Gasteiger partial charge on any atom is 0.309 e. The van der Waals surface area contributed by atoms with Gasteiger partial charge in [-0.15, -0.1) is 0 Å². The number of amidine groups is 1. The maximum absolute atomic E-state index is 12.1. The fourth-order valence-corrected chi connectivity index (χ4v) is 3.94. The second kappa shape index (κ2) is 8.82. The number of hydrogen-bond acceptors (Lipinski definition) is 7. The van der Waals surface area contributed by atoms with Crippen molar-refractivity contribution in [2.75, 3.05) is 7.11 Å². The van der Waals surface area contributed by atoms with Crippen molar-refractivity contribution in [3.8, 4) is 34.0 Å². The number of esters is 1. The molecular formula is C25H23N5O5. The van der Waals surface area contributed by atoms with Crippen LogP contribution in [0, 0.1) is 12.3 Å². The number of aromatic nitrogens is 2. The Kier molecular flexibility index (Phi) is 5.87. The van der Waals surface area contributed by atoms with Crippen LogP contribution in [0.3, 0.4) is 0 Å². The van der Waals surface area contributed by atoms with E-state index in [0.717, 1.165) is 0 Å². The Morgan fingerprint density at radius 1 is 1.06 bits per heavy atom. The number of aromatic hydroxyl groups is 2. The molecule has 0 radical (unpaired) electrons. The number of nitrogens with one attached hydrogen (secondary N) is 2. The van der Waals surface area contributed by atoms with Gasteiger partial charge in [0.1, 0.15) is 23.2 Å². The first-order chi connectivity index (χ1) is 16.6. The Labute approximate surface area is 199 Å². The lowest BCUT2D eigenvalue weighted by Crippen LogP contribution is -2.11. The van der Waals surface area contributed by atoms with Crippen molar-refractivity contribution in [2.45, 2.75) is 13.3 Å². The van der Waals surface area contributed by atoms with E-state index >= 15 is 0 Å². The van der Waals surface area contributed by atoms with Gasteiger partial charge in [0.2, 0.25) is 5.91 Å². The van der Waals surface area contributed by atoms with Gasteiger partial charge >= 0.3 is 5.97 Å². The normalized spacial score (nSPS) is 10.9. The third kappa shape index (κ3) is 4.24. The van der Waals surface area contributed by atoms with Crippen molar-refractivity contribution in [2.24, 2.45) is 11.5 Å². The number of H-pyrrole nitrogens is 1. The van der Waals surface area contributed by atoms with Crippen molar-refractivity contribution in [3.63, 3.8) is 0 Å². The van der Waals surface area contributed by atoms with Crippen molar-refractivity contribution in [1.82, 2.24) is 9.97 Å². The lowest BCUT2D eigenvalue weighted by atomic mass is 9.89. The second-order valence-electron chi connectivity index (χ2n) is 8.01. The van der Waals surface area contributed by atoms with Crippen molar-refractivity contribution in [1.29, 1.82) is 5.41 Å². The number of imidazole rings is 1. The van der Waals surface area contributed by atoms with Gasteiger partial charge in [-0.05, 0) is 60.5 Å². The van der Waals surface area contributed by atoms with Crippen molar-refractivity contribution >= 4 is 28.7 Å². The van der Waals surface area contributed by atoms with Crippen molar-refractivity contribution in [3.05, 3.63) is 64.7 Å². The molecule has 3 aromatic carbocycles. The Balaban J connectivity index is 2.00. The van der Waals surface area contributed by atoms with Crippen LogP contribution < -0.4 is 11.5 Å². The molecule has 178 valence electrons. The highest BCUT2D eigenvalue weighted by molar-refractivity contribution is 5.99. The van der Waals surface area contributed by atoms with E-state index < -0.39 is 11.9 Å². The zero-order chi connectivity index (χ0) is 25.4. The van der Waals surface area contributed by atoms with E-state index in [-0.39, 0.29) is 51.8 Å². The quantitative estimate of drug-likeness (QED) is 0.141. The highest BCUT2D eigenvalue weighted by Gasteiger charge is 2.23. The van der Waals surface area contributed by atoms with Crippen LogP contribution in [-0.4, -0.2) is 45.0 Å². The van der Waals surface area contributed by atoms with Gasteiger partial charge in [-0.2, -0.15) is 0 Å². The number of phenolic OH excluding ortho intramolecular Hbond substituents is 2. The molecule has 0 spiro atoms. The fraction of sp³-hybridized carbons (Fsp3) is 0.120. The molecule has 4 aromatic rings. The highest BCUT2D eigenvalue weighted by Crippen LogP contribution is 2.45. The first-order valence-corrected chi connectivity index (χ1v) is 10.5. The predicted octanol–water partition coefficient (Wildman–Crippen LogP) is 2.71. The zero-order valence-corrected chi connectivity index (χ0v) is 19.0. The molecule has 8 N–H and O–H groups in total. The highest BCUT2D eigenvalue weighted by atomic mass is 16.5. The molecule has 1 heterocycles. The third-order valence-electron chi connectivity index (χ3n) is 5.83. The average molecular weight is 473 g/mol. The SMILES string of the molecule is COC(=O)Cc1cc(-c2nc3cc(C(=N)N)ccc3[nH]2)c(O)c(-c2cc(C(N)=O)ccc2O)c1C. The number of carbonyl (C=O) groups is 2. The second-order valence-corrected chi connectivity index (χ2v) is 8.01. The number of primary amides is 1. The number of methoxy groups -OCH3 is 1. The number of aromatic amines is 1.